The lowest BCUT2D eigenvalue weighted by molar-refractivity contribution is 0.587. The summed E-state index contributed by atoms with van der Waals surface area (Å²) in [6.07, 6.45) is 0. The van der Waals surface area contributed by atoms with Crippen LogP contribution in [0.3, 0.4) is 0 Å². The van der Waals surface area contributed by atoms with Crippen molar-refractivity contribution < 1.29 is 0 Å². The summed E-state index contributed by atoms with van der Waals surface area (Å²) in [6, 6.07) is 43.2. The topological polar surface area (TPSA) is 12.0 Å². The molecule has 2 aliphatic rings. The van der Waals surface area contributed by atoms with Crippen LogP contribution in [0, 0.1) is 0 Å². The van der Waals surface area contributed by atoms with Crippen LogP contribution in [0.4, 0.5) is 11.4 Å². The van der Waals surface area contributed by atoms with Crippen LogP contribution in [0.1, 0.15) is 74.2 Å². The van der Waals surface area contributed by atoms with Gasteiger partial charge in [0.15, 0.2) is 0 Å². The largest absolute Gasteiger partial charge is 0.356 e. The van der Waals surface area contributed by atoms with Gasteiger partial charge >= 0.3 is 0 Å². The van der Waals surface area contributed by atoms with E-state index in [0.717, 1.165) is 11.4 Å². The molecule has 6 aromatic rings. The summed E-state index contributed by atoms with van der Waals surface area (Å²) in [4.78, 5) is 1.44. The van der Waals surface area contributed by atoms with Gasteiger partial charge in [0, 0.05) is 16.3 Å². The second-order valence-electron chi connectivity index (χ2n) is 14.8. The fraction of sp³-hybridized carbons (Fsp3) is 0.209. The smallest absolute Gasteiger partial charge is 0.0819 e. The van der Waals surface area contributed by atoms with Crippen molar-refractivity contribution in [2.24, 2.45) is 0 Å². The molecule has 2 aliphatic carbocycles. The molecule has 1 aromatic heterocycles. The molecule has 0 amide bonds. The van der Waals surface area contributed by atoms with E-state index in [4.69, 9.17) is 0 Å². The molecule has 0 radical (unpaired) electrons. The lowest BCUT2D eigenvalue weighted by Crippen LogP contribution is -2.26. The minimum Gasteiger partial charge on any atom is -0.356 e. The monoisotopic (exact) mass is 601 g/mol. The number of hydrogen-bond acceptors (Lipinski definition) is 2. The van der Waals surface area contributed by atoms with Gasteiger partial charge < -0.3 is 5.32 Å². The Kier molecular flexibility index (Phi) is 6.12. The first kappa shape index (κ1) is 28.1. The van der Waals surface area contributed by atoms with Crippen LogP contribution in [0.2, 0.25) is 0 Å². The second kappa shape index (κ2) is 9.80. The van der Waals surface area contributed by atoms with Crippen molar-refractivity contribution in [3.05, 3.63) is 153 Å². The number of hydrogen-bond donors (Lipinski definition) is 1. The van der Waals surface area contributed by atoms with Gasteiger partial charge in [-0.15, -0.1) is 11.3 Å². The number of thiophene rings is 1. The Morgan fingerprint density at radius 2 is 1.00 bits per heavy atom. The third-order valence-electron chi connectivity index (χ3n) is 9.87. The van der Waals surface area contributed by atoms with E-state index in [-0.39, 0.29) is 16.2 Å². The molecule has 2 heteroatoms. The zero-order valence-electron chi connectivity index (χ0n) is 27.0. The molecule has 0 fully saturated rings. The maximum absolute atomic E-state index is 3.76. The molecule has 8 rings (SSSR count). The quantitative estimate of drug-likeness (QED) is 0.212. The summed E-state index contributed by atoms with van der Waals surface area (Å²) in [7, 11) is 0. The molecule has 0 aliphatic heterocycles. The van der Waals surface area contributed by atoms with Gasteiger partial charge in [0.25, 0.3) is 0 Å². The highest BCUT2D eigenvalue weighted by Gasteiger charge is 2.53. The Morgan fingerprint density at radius 1 is 0.489 bits per heavy atom. The molecule has 5 aromatic carbocycles. The predicted octanol–water partition coefficient (Wildman–Crippen LogP) is 12.1. The van der Waals surface area contributed by atoms with E-state index in [0.29, 0.717) is 0 Å². The maximum Gasteiger partial charge on any atom is 0.0819 e. The van der Waals surface area contributed by atoms with E-state index in [2.05, 4.69) is 168 Å². The van der Waals surface area contributed by atoms with Gasteiger partial charge in [-0.2, -0.15) is 0 Å². The first-order chi connectivity index (χ1) is 21.5. The molecule has 1 nitrogen and oxygen atoms in total. The van der Waals surface area contributed by atoms with Crippen molar-refractivity contribution in [3.63, 3.8) is 0 Å². The van der Waals surface area contributed by atoms with E-state index < -0.39 is 0 Å². The zero-order valence-corrected chi connectivity index (χ0v) is 27.8. The van der Waals surface area contributed by atoms with Crippen LogP contribution >= 0.6 is 11.3 Å². The normalized spacial score (nSPS) is 14.2. The number of nitrogens with one attached hydrogen (secondary N) is 1. The fourth-order valence-corrected chi connectivity index (χ4v) is 8.59. The van der Waals surface area contributed by atoms with Gasteiger partial charge in [0.1, 0.15) is 0 Å². The first-order valence-electron chi connectivity index (χ1n) is 16.0. The Labute approximate surface area is 271 Å². The first-order valence-corrected chi connectivity index (χ1v) is 16.9. The van der Waals surface area contributed by atoms with Crippen LogP contribution in [-0.4, -0.2) is 0 Å². The lowest BCUT2D eigenvalue weighted by Gasteiger charge is -2.32. The standard InChI is InChI=1S/C43H39NS/c1-41(2,3)29-14-19-33-34-20-15-30(42(4,5)6)25-38(34)43(37(33)24-29)39-26-32(18-21-35(39)36-22-23-45-40(36)43)44-31-16-12-28(13-17-31)27-10-8-7-9-11-27/h7-26,44H,1-6H3. The molecular formula is C43H39NS. The number of fused-ring (bicyclic) bond motifs is 10. The molecule has 222 valence electrons. The van der Waals surface area contributed by atoms with Crippen LogP contribution in [0.5, 0.6) is 0 Å². The Hall–Kier alpha value is -4.40. The van der Waals surface area contributed by atoms with Gasteiger partial charge in [-0.25, -0.2) is 0 Å². The molecule has 0 bridgehead atoms. The molecule has 0 unspecified atom stereocenters. The highest BCUT2D eigenvalue weighted by molar-refractivity contribution is 7.11. The Balaban J connectivity index is 1.32. The minimum atomic E-state index is -0.346. The van der Waals surface area contributed by atoms with Crippen LogP contribution < -0.4 is 5.32 Å². The van der Waals surface area contributed by atoms with E-state index in [1.54, 1.807) is 0 Å². The minimum absolute atomic E-state index is 0.0522. The van der Waals surface area contributed by atoms with Crippen LogP contribution in [0.15, 0.2) is 121 Å². The Morgan fingerprint density at radius 3 is 1.60 bits per heavy atom. The summed E-state index contributed by atoms with van der Waals surface area (Å²) < 4.78 is 0. The summed E-state index contributed by atoms with van der Waals surface area (Å²) in [6.45, 7) is 13.9. The van der Waals surface area contributed by atoms with Crippen molar-refractivity contribution in [1.82, 2.24) is 0 Å². The summed E-state index contributed by atoms with van der Waals surface area (Å²) in [5.74, 6) is 0. The number of rotatable bonds is 3. The van der Waals surface area contributed by atoms with Crippen molar-refractivity contribution in [2.45, 2.75) is 57.8 Å². The van der Waals surface area contributed by atoms with Crippen LogP contribution in [-0.2, 0) is 16.2 Å². The van der Waals surface area contributed by atoms with E-state index in [1.807, 2.05) is 11.3 Å². The van der Waals surface area contributed by atoms with E-state index in [9.17, 15) is 0 Å². The van der Waals surface area contributed by atoms with Gasteiger partial charge in [-0.1, -0.05) is 126 Å². The molecule has 1 heterocycles. The fourth-order valence-electron chi connectivity index (χ4n) is 7.44. The van der Waals surface area contributed by atoms with E-state index in [1.165, 1.54) is 66.1 Å². The highest BCUT2D eigenvalue weighted by atomic mass is 32.1. The molecular weight excluding hydrogens is 563 g/mol. The van der Waals surface area contributed by atoms with Gasteiger partial charge in [0.2, 0.25) is 0 Å². The zero-order chi connectivity index (χ0) is 31.1. The summed E-state index contributed by atoms with van der Waals surface area (Å²) >= 11 is 1.91. The van der Waals surface area contributed by atoms with Crippen molar-refractivity contribution in [1.29, 1.82) is 0 Å². The highest BCUT2D eigenvalue weighted by Crippen LogP contribution is 2.65. The summed E-state index contributed by atoms with van der Waals surface area (Å²) in [5.41, 5.74) is 16.8. The molecule has 1 spiro atoms. The SMILES string of the molecule is CC(C)(C)c1ccc2c(c1)C1(c3cc(C(C)(C)C)ccc3-2)c2cc(Nc3ccc(-c4ccccc4)cc3)ccc2-c2ccsc21. The van der Waals surface area contributed by atoms with Gasteiger partial charge in [-0.05, 0) is 108 Å². The number of anilines is 2. The predicted molar refractivity (Wildman–Crippen MR) is 193 cm³/mol. The maximum atomic E-state index is 3.76. The third kappa shape index (κ3) is 4.26. The summed E-state index contributed by atoms with van der Waals surface area (Å²) in [5, 5.41) is 6.05. The third-order valence-corrected chi connectivity index (χ3v) is 10.9. The Bertz CT molecular complexity index is 2020. The molecule has 1 N–H and O–H groups in total. The molecule has 0 atom stereocenters. The van der Waals surface area contributed by atoms with Crippen LogP contribution in [0.25, 0.3) is 33.4 Å². The van der Waals surface area contributed by atoms with Gasteiger partial charge in [-0.3, -0.25) is 0 Å². The van der Waals surface area contributed by atoms with Crippen molar-refractivity contribution >= 4 is 22.7 Å². The molecule has 0 saturated heterocycles. The van der Waals surface area contributed by atoms with E-state index >= 15 is 0 Å². The second-order valence-corrected chi connectivity index (χ2v) is 15.7. The van der Waals surface area contributed by atoms with Crippen molar-refractivity contribution in [3.8, 4) is 33.4 Å². The lowest BCUT2D eigenvalue weighted by atomic mass is 9.71. The average Bonchev–Trinajstić information content (AvgIpc) is 3.69. The van der Waals surface area contributed by atoms with Gasteiger partial charge in [0.05, 0.1) is 5.41 Å². The molecule has 45 heavy (non-hydrogen) atoms. The average molecular weight is 602 g/mol. The van der Waals surface area contributed by atoms with Crippen molar-refractivity contribution in [2.75, 3.05) is 5.32 Å². The number of benzene rings is 5. The molecule has 0 saturated carbocycles.